The number of aromatic nitrogens is 2. The van der Waals surface area contributed by atoms with Crippen LogP contribution < -0.4 is 4.90 Å². The molecule has 0 amide bonds. The van der Waals surface area contributed by atoms with E-state index in [4.69, 9.17) is 0 Å². The van der Waals surface area contributed by atoms with Crippen LogP contribution >= 0.6 is 0 Å². The fourth-order valence-electron chi connectivity index (χ4n) is 2.83. The number of nitrogens with zero attached hydrogens (tertiary/aromatic N) is 3. The van der Waals surface area contributed by atoms with E-state index >= 15 is 0 Å². The second kappa shape index (κ2) is 5.83. The summed E-state index contributed by atoms with van der Waals surface area (Å²) >= 11 is 0. The van der Waals surface area contributed by atoms with Gasteiger partial charge in [-0.3, -0.25) is 4.98 Å². The maximum absolute atomic E-state index is 4.46. The van der Waals surface area contributed by atoms with Gasteiger partial charge < -0.3 is 4.90 Å². The molecule has 0 spiro atoms. The number of anilines is 1. The van der Waals surface area contributed by atoms with Crippen LogP contribution in [0.1, 0.15) is 18.4 Å². The summed E-state index contributed by atoms with van der Waals surface area (Å²) in [6.45, 7) is 2.23. The monoisotopic (exact) mass is 253 g/mol. The summed E-state index contributed by atoms with van der Waals surface area (Å²) in [6.07, 6.45) is 9.38. The average Bonchev–Trinajstić information content (AvgIpc) is 2.49. The Morgan fingerprint density at radius 1 is 1.16 bits per heavy atom. The molecule has 19 heavy (non-hydrogen) atoms. The molecule has 98 valence electrons. The zero-order valence-electron chi connectivity index (χ0n) is 11.1. The summed E-state index contributed by atoms with van der Waals surface area (Å²) in [5.41, 5.74) is 1.34. The second-order valence-corrected chi connectivity index (χ2v) is 5.21. The molecule has 3 rings (SSSR count). The number of rotatable bonds is 3. The highest BCUT2D eigenvalue weighted by atomic mass is 15.2. The summed E-state index contributed by atoms with van der Waals surface area (Å²) < 4.78 is 0. The molecule has 0 aromatic carbocycles. The topological polar surface area (TPSA) is 29.0 Å². The Hall–Kier alpha value is -1.90. The molecular formula is C16H19N3. The highest BCUT2D eigenvalue weighted by Gasteiger charge is 2.20. The largest absolute Gasteiger partial charge is 0.356 e. The fourth-order valence-corrected chi connectivity index (χ4v) is 2.83. The van der Waals surface area contributed by atoms with E-state index in [0.29, 0.717) is 5.92 Å². The van der Waals surface area contributed by atoms with E-state index < -0.39 is 0 Å². The third-order valence-corrected chi connectivity index (χ3v) is 3.74. The van der Waals surface area contributed by atoms with Gasteiger partial charge in [-0.25, -0.2) is 4.98 Å². The van der Waals surface area contributed by atoms with E-state index in [1.165, 1.54) is 18.4 Å². The van der Waals surface area contributed by atoms with E-state index in [1.807, 2.05) is 30.7 Å². The minimum absolute atomic E-state index is 0.708. The first-order valence-electron chi connectivity index (χ1n) is 6.97. The summed E-state index contributed by atoms with van der Waals surface area (Å²) in [7, 11) is 0. The quantitative estimate of drug-likeness (QED) is 0.842. The molecule has 1 unspecified atom stereocenters. The lowest BCUT2D eigenvalue weighted by atomic mass is 9.92. The molecule has 0 aliphatic carbocycles. The van der Waals surface area contributed by atoms with E-state index in [9.17, 15) is 0 Å². The first kappa shape index (κ1) is 12.2. The van der Waals surface area contributed by atoms with Crippen LogP contribution in [0.25, 0.3) is 0 Å². The second-order valence-electron chi connectivity index (χ2n) is 5.21. The average molecular weight is 253 g/mol. The maximum atomic E-state index is 4.46. The van der Waals surface area contributed by atoms with Crippen molar-refractivity contribution in [2.75, 3.05) is 18.0 Å². The molecular weight excluding hydrogens is 234 g/mol. The Balaban J connectivity index is 1.65. The molecule has 0 saturated carbocycles. The van der Waals surface area contributed by atoms with Crippen LogP contribution in [-0.4, -0.2) is 23.1 Å². The third kappa shape index (κ3) is 3.11. The Morgan fingerprint density at radius 3 is 2.95 bits per heavy atom. The van der Waals surface area contributed by atoms with Gasteiger partial charge in [0.05, 0.1) is 0 Å². The van der Waals surface area contributed by atoms with Gasteiger partial charge in [0.1, 0.15) is 5.82 Å². The zero-order valence-corrected chi connectivity index (χ0v) is 11.1. The minimum Gasteiger partial charge on any atom is -0.356 e. The summed E-state index contributed by atoms with van der Waals surface area (Å²) in [5, 5.41) is 0. The van der Waals surface area contributed by atoms with Gasteiger partial charge in [-0.05, 0) is 48.9 Å². The molecule has 1 aliphatic rings. The van der Waals surface area contributed by atoms with Gasteiger partial charge in [0.2, 0.25) is 0 Å². The number of pyridine rings is 2. The van der Waals surface area contributed by atoms with Gasteiger partial charge in [-0.2, -0.15) is 0 Å². The normalized spacial score (nSPS) is 19.4. The van der Waals surface area contributed by atoms with Gasteiger partial charge in [-0.15, -0.1) is 0 Å². The first-order chi connectivity index (χ1) is 9.42. The van der Waals surface area contributed by atoms with Crippen molar-refractivity contribution < 1.29 is 0 Å². The molecule has 3 nitrogen and oxygen atoms in total. The van der Waals surface area contributed by atoms with Crippen molar-refractivity contribution in [1.29, 1.82) is 0 Å². The van der Waals surface area contributed by atoms with Crippen molar-refractivity contribution in [3.63, 3.8) is 0 Å². The van der Waals surface area contributed by atoms with Crippen LogP contribution in [0.5, 0.6) is 0 Å². The van der Waals surface area contributed by atoms with Gasteiger partial charge in [0.25, 0.3) is 0 Å². The van der Waals surface area contributed by atoms with Gasteiger partial charge in [0, 0.05) is 31.7 Å². The first-order valence-corrected chi connectivity index (χ1v) is 6.97. The standard InChI is InChI=1S/C16H19N3/c1-2-9-18-16(7-1)19-10-4-6-15(13-19)11-14-5-3-8-17-12-14/h1-3,5,7-9,12,15H,4,6,10-11,13H2. The Labute approximate surface area is 114 Å². The Morgan fingerprint density at radius 2 is 2.16 bits per heavy atom. The minimum atomic E-state index is 0.708. The molecule has 3 heterocycles. The maximum Gasteiger partial charge on any atom is 0.128 e. The molecule has 0 bridgehead atoms. The number of hydrogen-bond acceptors (Lipinski definition) is 3. The van der Waals surface area contributed by atoms with Crippen molar-refractivity contribution in [3.05, 3.63) is 54.5 Å². The highest BCUT2D eigenvalue weighted by molar-refractivity contribution is 5.38. The Bertz CT molecular complexity index is 498. The van der Waals surface area contributed by atoms with Crippen molar-refractivity contribution in [2.45, 2.75) is 19.3 Å². The van der Waals surface area contributed by atoms with Gasteiger partial charge in [-0.1, -0.05) is 12.1 Å². The van der Waals surface area contributed by atoms with E-state index in [-0.39, 0.29) is 0 Å². The summed E-state index contributed by atoms with van der Waals surface area (Å²) in [5.74, 6) is 1.82. The molecule has 1 aliphatic heterocycles. The van der Waals surface area contributed by atoms with Crippen molar-refractivity contribution in [1.82, 2.24) is 9.97 Å². The van der Waals surface area contributed by atoms with E-state index in [2.05, 4.69) is 33.1 Å². The van der Waals surface area contributed by atoms with Crippen LogP contribution in [0.2, 0.25) is 0 Å². The molecule has 1 fully saturated rings. The molecule has 1 saturated heterocycles. The third-order valence-electron chi connectivity index (χ3n) is 3.74. The highest BCUT2D eigenvalue weighted by Crippen LogP contribution is 2.23. The lowest BCUT2D eigenvalue weighted by molar-refractivity contribution is 0.411. The van der Waals surface area contributed by atoms with Crippen LogP contribution in [0.4, 0.5) is 5.82 Å². The number of hydrogen-bond donors (Lipinski definition) is 0. The van der Waals surface area contributed by atoms with Crippen LogP contribution in [0.3, 0.4) is 0 Å². The van der Waals surface area contributed by atoms with Gasteiger partial charge in [0.15, 0.2) is 0 Å². The molecule has 1 atom stereocenters. The van der Waals surface area contributed by atoms with Crippen molar-refractivity contribution >= 4 is 5.82 Å². The van der Waals surface area contributed by atoms with Crippen LogP contribution in [-0.2, 0) is 6.42 Å². The summed E-state index contributed by atoms with van der Waals surface area (Å²) in [6, 6.07) is 10.3. The molecule has 3 heteroatoms. The molecule has 0 radical (unpaired) electrons. The molecule has 2 aromatic heterocycles. The lowest BCUT2D eigenvalue weighted by Crippen LogP contribution is -2.36. The van der Waals surface area contributed by atoms with Gasteiger partial charge >= 0.3 is 0 Å². The number of piperidine rings is 1. The van der Waals surface area contributed by atoms with E-state index in [0.717, 1.165) is 25.3 Å². The zero-order chi connectivity index (χ0) is 12.9. The lowest BCUT2D eigenvalue weighted by Gasteiger charge is -2.33. The molecule has 2 aromatic rings. The van der Waals surface area contributed by atoms with Crippen LogP contribution in [0, 0.1) is 5.92 Å². The fraction of sp³-hybridized carbons (Fsp3) is 0.375. The SMILES string of the molecule is c1ccc(N2CCCC(Cc3cccnc3)C2)nc1. The van der Waals surface area contributed by atoms with Crippen molar-refractivity contribution in [2.24, 2.45) is 5.92 Å². The van der Waals surface area contributed by atoms with Crippen molar-refractivity contribution in [3.8, 4) is 0 Å². The molecule has 0 N–H and O–H groups in total. The summed E-state index contributed by atoms with van der Waals surface area (Å²) in [4.78, 5) is 11.1. The smallest absolute Gasteiger partial charge is 0.128 e. The predicted molar refractivity (Wildman–Crippen MR) is 77.1 cm³/mol. The van der Waals surface area contributed by atoms with E-state index in [1.54, 1.807) is 0 Å². The van der Waals surface area contributed by atoms with Crippen LogP contribution in [0.15, 0.2) is 48.9 Å². The predicted octanol–water partition coefficient (Wildman–Crippen LogP) is 2.94. The Kier molecular flexibility index (Phi) is 3.73.